The zero-order valence-electron chi connectivity index (χ0n) is 6.15. The van der Waals surface area contributed by atoms with Crippen LogP contribution in [0.4, 0.5) is 0 Å². The lowest BCUT2D eigenvalue weighted by atomic mass is 10.00. The topological polar surface area (TPSA) is 74.6 Å². The smallest absolute Gasteiger partial charge is 0.335 e. The minimum absolute atomic E-state index is 0.0126. The molecule has 12 heavy (non-hydrogen) atoms. The van der Waals surface area contributed by atoms with Crippen molar-refractivity contribution in [2.75, 3.05) is 0 Å². The van der Waals surface area contributed by atoms with Gasteiger partial charge >= 0.3 is 11.9 Å². The van der Waals surface area contributed by atoms with Crippen LogP contribution in [0, 0.1) is 6.42 Å². The summed E-state index contributed by atoms with van der Waals surface area (Å²) in [6.07, 6.45) is 4.37. The third kappa shape index (κ3) is 1.72. The largest absolute Gasteiger partial charge is 0.478 e. The molecule has 0 saturated heterocycles. The molecule has 2 N–H and O–H groups in total. The normalized spacial score (nSPS) is 16.3. The van der Waals surface area contributed by atoms with Crippen LogP contribution < -0.4 is 0 Å². The summed E-state index contributed by atoms with van der Waals surface area (Å²) in [5.74, 6) is -2.18. The van der Waals surface area contributed by atoms with Gasteiger partial charge in [-0.15, -0.1) is 0 Å². The van der Waals surface area contributed by atoms with Crippen LogP contribution in [0.2, 0.25) is 0 Å². The molecule has 1 radical (unpaired) electrons. The first-order valence-corrected chi connectivity index (χ1v) is 3.32. The van der Waals surface area contributed by atoms with Gasteiger partial charge in [-0.1, -0.05) is 6.08 Å². The summed E-state index contributed by atoms with van der Waals surface area (Å²) in [7, 11) is 0. The fourth-order valence-corrected chi connectivity index (χ4v) is 0.890. The highest BCUT2D eigenvalue weighted by atomic mass is 16.4. The van der Waals surface area contributed by atoms with Gasteiger partial charge in [0.05, 0.1) is 5.57 Å². The molecule has 0 amide bonds. The second-order valence-electron chi connectivity index (χ2n) is 2.34. The number of carbonyl (C=O) groups is 2. The summed E-state index contributed by atoms with van der Waals surface area (Å²) in [5, 5.41) is 17.0. The summed E-state index contributed by atoms with van der Waals surface area (Å²) in [4.78, 5) is 20.8. The average Bonchev–Trinajstić information content (AvgIpc) is 2.04. The van der Waals surface area contributed by atoms with E-state index < -0.39 is 11.9 Å². The fourth-order valence-electron chi connectivity index (χ4n) is 0.890. The van der Waals surface area contributed by atoms with E-state index in [0.717, 1.165) is 0 Å². The Morgan fingerprint density at radius 2 is 1.92 bits per heavy atom. The Bertz CT molecular complexity index is 285. The van der Waals surface area contributed by atoms with Gasteiger partial charge in [-0.25, -0.2) is 9.59 Å². The van der Waals surface area contributed by atoms with E-state index in [0.29, 0.717) is 0 Å². The molecule has 0 aromatic heterocycles. The SMILES string of the molecule is O=C(O)C1=C[CH]CC(C(=O)O)=C1. The summed E-state index contributed by atoms with van der Waals surface area (Å²) in [5.41, 5.74) is 0.119. The lowest BCUT2D eigenvalue weighted by Crippen LogP contribution is -2.08. The molecule has 1 rings (SSSR count). The third-order valence-corrected chi connectivity index (χ3v) is 1.49. The molecule has 1 aliphatic carbocycles. The molecule has 0 heterocycles. The minimum atomic E-state index is -1.11. The molecule has 0 unspecified atom stereocenters. The molecule has 0 aromatic carbocycles. The predicted octanol–water partition coefficient (Wildman–Crippen LogP) is 0.616. The molecule has 0 aliphatic heterocycles. The van der Waals surface area contributed by atoms with E-state index in [1.807, 2.05) is 0 Å². The van der Waals surface area contributed by atoms with E-state index >= 15 is 0 Å². The van der Waals surface area contributed by atoms with Crippen LogP contribution in [-0.2, 0) is 9.59 Å². The number of carboxylic acids is 2. The number of allylic oxidation sites excluding steroid dienone is 1. The highest BCUT2D eigenvalue weighted by Crippen LogP contribution is 2.16. The van der Waals surface area contributed by atoms with Crippen LogP contribution >= 0.6 is 0 Å². The van der Waals surface area contributed by atoms with Crippen LogP contribution in [-0.4, -0.2) is 22.2 Å². The number of aliphatic carboxylic acids is 2. The maximum absolute atomic E-state index is 10.4. The van der Waals surface area contributed by atoms with Crippen molar-refractivity contribution in [2.24, 2.45) is 0 Å². The number of hydrogen-bond donors (Lipinski definition) is 2. The molecule has 1 aliphatic rings. The van der Waals surface area contributed by atoms with Crippen molar-refractivity contribution in [1.29, 1.82) is 0 Å². The molecular weight excluding hydrogens is 160 g/mol. The minimum Gasteiger partial charge on any atom is -0.478 e. The summed E-state index contributed by atoms with van der Waals surface area (Å²) < 4.78 is 0. The molecule has 0 bridgehead atoms. The van der Waals surface area contributed by atoms with Crippen LogP contribution in [0.1, 0.15) is 6.42 Å². The van der Waals surface area contributed by atoms with Gasteiger partial charge in [0, 0.05) is 5.57 Å². The summed E-state index contributed by atoms with van der Waals surface area (Å²) in [6, 6.07) is 0. The molecular formula is C8H7O4. The van der Waals surface area contributed by atoms with Crippen molar-refractivity contribution in [2.45, 2.75) is 6.42 Å². The summed E-state index contributed by atoms with van der Waals surface area (Å²) in [6.45, 7) is 0. The zero-order chi connectivity index (χ0) is 9.14. The predicted molar refractivity (Wildman–Crippen MR) is 40.4 cm³/mol. The molecule has 0 saturated carbocycles. The Hall–Kier alpha value is -1.58. The monoisotopic (exact) mass is 167 g/mol. The van der Waals surface area contributed by atoms with Crippen LogP contribution in [0.5, 0.6) is 0 Å². The van der Waals surface area contributed by atoms with Crippen LogP contribution in [0.15, 0.2) is 23.3 Å². The van der Waals surface area contributed by atoms with E-state index in [9.17, 15) is 9.59 Å². The molecule has 63 valence electrons. The number of hydrogen-bond acceptors (Lipinski definition) is 2. The molecule has 0 atom stereocenters. The van der Waals surface area contributed by atoms with Crippen molar-refractivity contribution in [3.63, 3.8) is 0 Å². The highest BCUT2D eigenvalue weighted by Gasteiger charge is 2.15. The van der Waals surface area contributed by atoms with E-state index in [1.165, 1.54) is 18.6 Å². The van der Waals surface area contributed by atoms with E-state index in [2.05, 4.69) is 0 Å². The lowest BCUT2D eigenvalue weighted by molar-refractivity contribution is -0.132. The van der Waals surface area contributed by atoms with Crippen molar-refractivity contribution < 1.29 is 19.8 Å². The second-order valence-corrected chi connectivity index (χ2v) is 2.34. The Labute approximate surface area is 68.8 Å². The number of carboxylic acid groups (broad SMARTS) is 2. The highest BCUT2D eigenvalue weighted by molar-refractivity contribution is 5.96. The molecule has 0 fully saturated rings. The van der Waals surface area contributed by atoms with Gasteiger partial charge in [0.2, 0.25) is 0 Å². The lowest BCUT2D eigenvalue weighted by Gasteiger charge is -2.06. The van der Waals surface area contributed by atoms with Gasteiger partial charge in [-0.05, 0) is 18.9 Å². The van der Waals surface area contributed by atoms with E-state index in [4.69, 9.17) is 10.2 Å². The van der Waals surface area contributed by atoms with Gasteiger partial charge < -0.3 is 10.2 Å². The van der Waals surface area contributed by atoms with E-state index in [-0.39, 0.29) is 17.6 Å². The Balaban J connectivity index is 2.88. The van der Waals surface area contributed by atoms with Gasteiger partial charge in [-0.2, -0.15) is 0 Å². The molecule has 0 spiro atoms. The fraction of sp³-hybridized carbons (Fsp3) is 0.125. The Morgan fingerprint density at radius 3 is 2.42 bits per heavy atom. The van der Waals surface area contributed by atoms with Gasteiger partial charge in [-0.3, -0.25) is 0 Å². The Morgan fingerprint density at radius 1 is 1.25 bits per heavy atom. The van der Waals surface area contributed by atoms with Crippen molar-refractivity contribution in [3.8, 4) is 0 Å². The third-order valence-electron chi connectivity index (χ3n) is 1.49. The second kappa shape index (κ2) is 3.21. The van der Waals surface area contributed by atoms with Crippen LogP contribution in [0.25, 0.3) is 0 Å². The van der Waals surface area contributed by atoms with Crippen molar-refractivity contribution in [3.05, 3.63) is 29.7 Å². The maximum Gasteiger partial charge on any atom is 0.335 e. The zero-order valence-corrected chi connectivity index (χ0v) is 6.15. The quantitative estimate of drug-likeness (QED) is 0.632. The maximum atomic E-state index is 10.4. The van der Waals surface area contributed by atoms with Gasteiger partial charge in [0.1, 0.15) is 0 Å². The first-order valence-electron chi connectivity index (χ1n) is 3.32. The van der Waals surface area contributed by atoms with Crippen molar-refractivity contribution in [1.82, 2.24) is 0 Å². The Kier molecular flexibility index (Phi) is 2.28. The molecule has 0 aromatic rings. The van der Waals surface area contributed by atoms with Crippen LogP contribution in [0.3, 0.4) is 0 Å². The molecule has 4 nitrogen and oxygen atoms in total. The average molecular weight is 167 g/mol. The van der Waals surface area contributed by atoms with Gasteiger partial charge in [0.15, 0.2) is 0 Å². The standard InChI is InChI=1S/C8H7O4/c9-7(10)5-2-1-3-6(4-5)8(11)12/h1-2,4H,3H2,(H,9,10)(H,11,12). The molecule has 4 heteroatoms. The van der Waals surface area contributed by atoms with Gasteiger partial charge in [0.25, 0.3) is 0 Å². The first-order chi connectivity index (χ1) is 5.61. The first kappa shape index (κ1) is 8.52. The summed E-state index contributed by atoms with van der Waals surface area (Å²) >= 11 is 0. The number of rotatable bonds is 2. The van der Waals surface area contributed by atoms with Crippen molar-refractivity contribution >= 4 is 11.9 Å². The van der Waals surface area contributed by atoms with E-state index in [1.54, 1.807) is 0 Å².